The molecule has 0 radical (unpaired) electrons. The quantitative estimate of drug-likeness (QED) is 0.795. The first-order chi connectivity index (χ1) is 7.57. The molecule has 2 aliphatic carbocycles. The normalized spacial score (nSPS) is 43.7. The smallest absolute Gasteiger partial charge is 0.0329 e. The zero-order valence-electron chi connectivity index (χ0n) is 11.2. The summed E-state index contributed by atoms with van der Waals surface area (Å²) in [5.41, 5.74) is 6.40. The molecule has 0 aromatic heterocycles. The molecule has 2 unspecified atom stereocenters. The first kappa shape index (κ1) is 12.4. The average molecular weight is 224 g/mol. The Kier molecular flexibility index (Phi) is 3.60. The van der Waals surface area contributed by atoms with E-state index in [0.29, 0.717) is 5.54 Å². The summed E-state index contributed by atoms with van der Waals surface area (Å²) in [6.07, 6.45) is 6.77. The van der Waals surface area contributed by atoms with Crippen LogP contribution in [-0.2, 0) is 0 Å². The van der Waals surface area contributed by atoms with Gasteiger partial charge in [-0.1, -0.05) is 13.8 Å². The van der Waals surface area contributed by atoms with Crippen LogP contribution in [0.4, 0.5) is 0 Å². The molecule has 0 aromatic rings. The van der Waals surface area contributed by atoms with Gasteiger partial charge in [-0.05, 0) is 56.9 Å². The number of likely N-dealkylation sites (N-methyl/N-ethyl adjacent to an activating group) is 1. The topological polar surface area (TPSA) is 29.3 Å². The molecule has 2 atom stereocenters. The second-order valence-electron chi connectivity index (χ2n) is 6.46. The molecule has 0 saturated heterocycles. The third-order valence-electron chi connectivity index (χ3n) is 5.18. The van der Waals surface area contributed by atoms with Crippen LogP contribution >= 0.6 is 0 Å². The van der Waals surface area contributed by atoms with Gasteiger partial charge in [0.1, 0.15) is 0 Å². The summed E-state index contributed by atoms with van der Waals surface area (Å²) in [6.45, 7) is 6.87. The molecule has 0 heterocycles. The number of hydrogen-bond donors (Lipinski definition) is 1. The lowest BCUT2D eigenvalue weighted by Gasteiger charge is -2.45. The van der Waals surface area contributed by atoms with Gasteiger partial charge in [0.2, 0.25) is 0 Å². The molecule has 0 bridgehead atoms. The van der Waals surface area contributed by atoms with Crippen molar-refractivity contribution in [2.75, 3.05) is 20.1 Å². The zero-order valence-corrected chi connectivity index (χ0v) is 11.2. The van der Waals surface area contributed by atoms with Crippen molar-refractivity contribution in [1.29, 1.82) is 0 Å². The molecule has 2 aliphatic rings. The Labute approximate surface area is 101 Å². The van der Waals surface area contributed by atoms with Crippen molar-refractivity contribution < 1.29 is 0 Å². The molecule has 2 nitrogen and oxygen atoms in total. The highest BCUT2D eigenvalue weighted by molar-refractivity contribution is 4.96. The molecule has 2 saturated carbocycles. The lowest BCUT2D eigenvalue weighted by Crippen LogP contribution is -2.54. The van der Waals surface area contributed by atoms with E-state index in [1.54, 1.807) is 0 Å². The van der Waals surface area contributed by atoms with Gasteiger partial charge in [-0.25, -0.2) is 0 Å². The molecule has 0 spiro atoms. The molecular formula is C14H28N2. The zero-order chi connectivity index (χ0) is 11.8. The summed E-state index contributed by atoms with van der Waals surface area (Å²) in [7, 11) is 2.30. The Morgan fingerprint density at radius 3 is 2.25 bits per heavy atom. The van der Waals surface area contributed by atoms with Crippen molar-refractivity contribution in [2.45, 2.75) is 51.5 Å². The minimum atomic E-state index is 0.328. The molecule has 94 valence electrons. The number of nitrogens with zero attached hydrogens (tertiary/aromatic N) is 1. The first-order valence-electron chi connectivity index (χ1n) is 6.99. The summed E-state index contributed by atoms with van der Waals surface area (Å²) >= 11 is 0. The number of rotatable bonds is 4. The Balaban J connectivity index is 1.92. The van der Waals surface area contributed by atoms with Crippen molar-refractivity contribution in [3.8, 4) is 0 Å². The van der Waals surface area contributed by atoms with Crippen LogP contribution in [0.1, 0.15) is 46.0 Å². The van der Waals surface area contributed by atoms with E-state index >= 15 is 0 Å². The van der Waals surface area contributed by atoms with E-state index < -0.39 is 0 Å². The largest absolute Gasteiger partial charge is 0.329 e. The van der Waals surface area contributed by atoms with Crippen molar-refractivity contribution in [3.05, 3.63) is 0 Å². The maximum Gasteiger partial charge on any atom is 0.0329 e. The molecule has 2 fully saturated rings. The van der Waals surface area contributed by atoms with Crippen LogP contribution in [0.2, 0.25) is 0 Å². The fraction of sp³-hybridized carbons (Fsp3) is 1.00. The fourth-order valence-electron chi connectivity index (χ4n) is 3.24. The van der Waals surface area contributed by atoms with Gasteiger partial charge in [0.05, 0.1) is 0 Å². The maximum absolute atomic E-state index is 6.07. The van der Waals surface area contributed by atoms with Crippen molar-refractivity contribution in [2.24, 2.45) is 23.5 Å². The van der Waals surface area contributed by atoms with Gasteiger partial charge >= 0.3 is 0 Å². The minimum Gasteiger partial charge on any atom is -0.329 e. The standard InChI is InChI=1S/C14H28N2/c1-11-4-6-14(10-15,7-5-11)16(3)9-13-8-12(13)2/h11-13H,4-10,15H2,1-3H3. The van der Waals surface area contributed by atoms with Gasteiger partial charge in [-0.15, -0.1) is 0 Å². The van der Waals surface area contributed by atoms with E-state index in [1.165, 1.54) is 38.6 Å². The lowest BCUT2D eigenvalue weighted by molar-refractivity contribution is 0.0630. The molecule has 0 aliphatic heterocycles. The van der Waals surface area contributed by atoms with Gasteiger partial charge in [0.15, 0.2) is 0 Å². The van der Waals surface area contributed by atoms with Crippen molar-refractivity contribution >= 4 is 0 Å². The molecule has 2 N–H and O–H groups in total. The highest BCUT2D eigenvalue weighted by atomic mass is 15.2. The molecule has 16 heavy (non-hydrogen) atoms. The molecule has 2 rings (SSSR count). The second kappa shape index (κ2) is 4.66. The van der Waals surface area contributed by atoms with E-state index in [0.717, 1.165) is 24.3 Å². The predicted molar refractivity (Wildman–Crippen MR) is 69.3 cm³/mol. The maximum atomic E-state index is 6.07. The van der Waals surface area contributed by atoms with Crippen LogP contribution in [0.15, 0.2) is 0 Å². The van der Waals surface area contributed by atoms with Crippen LogP contribution in [-0.4, -0.2) is 30.6 Å². The van der Waals surface area contributed by atoms with Gasteiger partial charge in [-0.3, -0.25) is 4.90 Å². The van der Waals surface area contributed by atoms with E-state index in [-0.39, 0.29) is 0 Å². The Morgan fingerprint density at radius 2 is 1.81 bits per heavy atom. The highest BCUT2D eigenvalue weighted by Crippen LogP contribution is 2.41. The monoisotopic (exact) mass is 224 g/mol. The van der Waals surface area contributed by atoms with Crippen molar-refractivity contribution in [3.63, 3.8) is 0 Å². The molecular weight excluding hydrogens is 196 g/mol. The average Bonchev–Trinajstić information content (AvgIpc) is 2.96. The summed E-state index contributed by atoms with van der Waals surface area (Å²) in [4.78, 5) is 2.59. The van der Waals surface area contributed by atoms with Gasteiger partial charge in [0, 0.05) is 18.6 Å². The summed E-state index contributed by atoms with van der Waals surface area (Å²) in [5, 5.41) is 0. The van der Waals surface area contributed by atoms with Crippen LogP contribution in [0.25, 0.3) is 0 Å². The number of hydrogen-bond acceptors (Lipinski definition) is 2. The van der Waals surface area contributed by atoms with E-state index in [1.807, 2.05) is 0 Å². The van der Waals surface area contributed by atoms with Crippen LogP contribution in [0.3, 0.4) is 0 Å². The second-order valence-corrected chi connectivity index (χ2v) is 6.46. The first-order valence-corrected chi connectivity index (χ1v) is 6.99. The Hall–Kier alpha value is -0.0800. The predicted octanol–water partition coefficient (Wildman–Crippen LogP) is 2.48. The number of nitrogens with two attached hydrogens (primary N) is 1. The third-order valence-corrected chi connectivity index (χ3v) is 5.18. The molecule has 0 aromatic carbocycles. The van der Waals surface area contributed by atoms with Crippen LogP contribution in [0.5, 0.6) is 0 Å². The van der Waals surface area contributed by atoms with E-state index in [2.05, 4.69) is 25.8 Å². The highest BCUT2D eigenvalue weighted by Gasteiger charge is 2.41. The van der Waals surface area contributed by atoms with Crippen LogP contribution < -0.4 is 5.73 Å². The molecule has 0 amide bonds. The Bertz CT molecular complexity index is 231. The van der Waals surface area contributed by atoms with Crippen LogP contribution in [0, 0.1) is 17.8 Å². The summed E-state index contributed by atoms with van der Waals surface area (Å²) in [6, 6.07) is 0. The Morgan fingerprint density at radius 1 is 1.25 bits per heavy atom. The van der Waals surface area contributed by atoms with Crippen molar-refractivity contribution in [1.82, 2.24) is 4.90 Å². The van der Waals surface area contributed by atoms with E-state index in [4.69, 9.17) is 5.73 Å². The minimum absolute atomic E-state index is 0.328. The summed E-state index contributed by atoms with van der Waals surface area (Å²) < 4.78 is 0. The SMILES string of the molecule is CC1CCC(CN)(N(C)CC2CC2C)CC1. The molecule has 2 heteroatoms. The summed E-state index contributed by atoms with van der Waals surface area (Å²) in [5.74, 6) is 2.82. The van der Waals surface area contributed by atoms with Gasteiger partial charge in [0.25, 0.3) is 0 Å². The van der Waals surface area contributed by atoms with Gasteiger partial charge in [-0.2, -0.15) is 0 Å². The van der Waals surface area contributed by atoms with Gasteiger partial charge < -0.3 is 5.73 Å². The third kappa shape index (κ3) is 2.43. The fourth-order valence-corrected chi connectivity index (χ4v) is 3.24. The van der Waals surface area contributed by atoms with E-state index in [9.17, 15) is 0 Å². The lowest BCUT2D eigenvalue weighted by atomic mass is 9.76.